The van der Waals surface area contributed by atoms with Gasteiger partial charge in [-0.05, 0) is 72.7 Å². The Labute approximate surface area is 217 Å². The number of fused-ring (bicyclic) bond motifs is 1. The second-order valence-electron chi connectivity index (χ2n) is 10.5. The first-order chi connectivity index (χ1) is 17.6. The van der Waals surface area contributed by atoms with E-state index in [-0.39, 0.29) is 11.7 Å². The Hall–Kier alpha value is -3.77. The third-order valence-electron chi connectivity index (χ3n) is 7.25. The maximum Gasteiger partial charge on any atom is 0.248 e. The number of rotatable bonds is 6. The molecule has 190 valence electrons. The van der Waals surface area contributed by atoms with E-state index in [0.717, 1.165) is 56.0 Å². The van der Waals surface area contributed by atoms with Crippen molar-refractivity contribution in [2.75, 3.05) is 0 Å². The molecule has 1 amide bonds. The predicted molar refractivity (Wildman–Crippen MR) is 145 cm³/mol. The Morgan fingerprint density at radius 1 is 1.03 bits per heavy atom. The van der Waals surface area contributed by atoms with Crippen molar-refractivity contribution in [1.29, 1.82) is 0 Å². The minimum Gasteiger partial charge on any atom is -0.366 e. The van der Waals surface area contributed by atoms with Crippen molar-refractivity contribution < 1.29 is 9.18 Å². The van der Waals surface area contributed by atoms with Crippen LogP contribution in [0.4, 0.5) is 4.39 Å². The predicted octanol–water partition coefficient (Wildman–Crippen LogP) is 6.34. The van der Waals surface area contributed by atoms with Gasteiger partial charge in [0.25, 0.3) is 0 Å². The zero-order valence-corrected chi connectivity index (χ0v) is 22.1. The minimum atomic E-state index is -0.447. The average Bonchev–Trinajstić information content (AvgIpc) is 3.35. The van der Waals surface area contributed by atoms with Gasteiger partial charge in [-0.1, -0.05) is 50.2 Å². The van der Waals surface area contributed by atoms with E-state index in [1.807, 2.05) is 32.9 Å². The Bertz CT molecular complexity index is 1480. The summed E-state index contributed by atoms with van der Waals surface area (Å²) in [6, 6.07) is 17.4. The number of aryl methyl sites for hydroxylation is 3. The third-order valence-corrected chi connectivity index (χ3v) is 7.25. The van der Waals surface area contributed by atoms with Crippen molar-refractivity contribution in [1.82, 2.24) is 14.7 Å². The fourth-order valence-electron chi connectivity index (χ4n) is 5.63. The van der Waals surface area contributed by atoms with Crippen LogP contribution in [0.15, 0.2) is 54.6 Å². The van der Waals surface area contributed by atoms with Crippen molar-refractivity contribution >= 4 is 5.91 Å². The van der Waals surface area contributed by atoms with Gasteiger partial charge in [-0.3, -0.25) is 9.69 Å². The molecule has 3 aromatic carbocycles. The molecule has 0 bridgehead atoms. The van der Waals surface area contributed by atoms with Crippen LogP contribution in [0.3, 0.4) is 0 Å². The number of benzene rings is 3. The first kappa shape index (κ1) is 24.9. The lowest BCUT2D eigenvalue weighted by Crippen LogP contribution is -2.19. The van der Waals surface area contributed by atoms with Crippen LogP contribution in [0.25, 0.3) is 16.9 Å². The SMILES string of the molecule is Cc1cc(F)c(C(C)C)c(CN2Cc3nn(-c4c(C)cccc4C)c(-c4ccc(C(N)=O)cc4)c3C2)c1. The largest absolute Gasteiger partial charge is 0.366 e. The molecule has 0 unspecified atom stereocenters. The Morgan fingerprint density at radius 3 is 2.32 bits per heavy atom. The number of carbonyl (C=O) groups excluding carboxylic acids is 1. The number of hydrogen-bond donors (Lipinski definition) is 1. The van der Waals surface area contributed by atoms with Gasteiger partial charge in [-0.25, -0.2) is 9.07 Å². The molecule has 1 aliphatic heterocycles. The van der Waals surface area contributed by atoms with Gasteiger partial charge in [0.15, 0.2) is 0 Å². The second kappa shape index (κ2) is 9.60. The third kappa shape index (κ3) is 4.58. The summed E-state index contributed by atoms with van der Waals surface area (Å²) in [4.78, 5) is 14.0. The van der Waals surface area contributed by atoms with Crippen LogP contribution in [-0.4, -0.2) is 20.6 Å². The Kier molecular flexibility index (Phi) is 6.46. The number of nitrogens with two attached hydrogens (primary N) is 1. The number of halogens is 1. The summed E-state index contributed by atoms with van der Waals surface area (Å²) in [5, 5.41) is 5.11. The molecule has 5 nitrogen and oxygen atoms in total. The molecule has 0 saturated carbocycles. The van der Waals surface area contributed by atoms with Gasteiger partial charge < -0.3 is 5.73 Å². The van der Waals surface area contributed by atoms with Crippen LogP contribution in [-0.2, 0) is 19.6 Å². The molecule has 5 rings (SSSR count). The van der Waals surface area contributed by atoms with E-state index >= 15 is 0 Å². The van der Waals surface area contributed by atoms with Gasteiger partial charge >= 0.3 is 0 Å². The second-order valence-corrected chi connectivity index (χ2v) is 10.5. The number of primary amides is 1. The molecular formula is C31H33FN4O. The van der Waals surface area contributed by atoms with Gasteiger partial charge in [0.05, 0.1) is 17.1 Å². The van der Waals surface area contributed by atoms with E-state index in [4.69, 9.17) is 10.8 Å². The summed E-state index contributed by atoms with van der Waals surface area (Å²) in [5.74, 6) is -0.469. The summed E-state index contributed by atoms with van der Waals surface area (Å²) in [5.41, 5.74) is 16.3. The molecular weight excluding hydrogens is 463 g/mol. The number of hydrogen-bond acceptors (Lipinski definition) is 3. The summed E-state index contributed by atoms with van der Waals surface area (Å²) in [6.45, 7) is 12.3. The van der Waals surface area contributed by atoms with E-state index < -0.39 is 5.91 Å². The topological polar surface area (TPSA) is 64.2 Å². The smallest absolute Gasteiger partial charge is 0.248 e. The summed E-state index contributed by atoms with van der Waals surface area (Å²) in [7, 11) is 0. The number of nitrogens with zero attached hydrogens (tertiary/aromatic N) is 3. The zero-order chi connectivity index (χ0) is 26.4. The zero-order valence-electron chi connectivity index (χ0n) is 22.1. The molecule has 0 fully saturated rings. The highest BCUT2D eigenvalue weighted by Crippen LogP contribution is 2.37. The van der Waals surface area contributed by atoms with Gasteiger partial charge in [0, 0.05) is 36.3 Å². The number of aromatic nitrogens is 2. The van der Waals surface area contributed by atoms with Crippen LogP contribution >= 0.6 is 0 Å². The maximum absolute atomic E-state index is 14.9. The molecule has 4 aromatic rings. The first-order valence-electron chi connectivity index (χ1n) is 12.7. The van der Waals surface area contributed by atoms with Crippen molar-refractivity contribution in [3.8, 4) is 16.9 Å². The molecule has 1 aliphatic rings. The van der Waals surface area contributed by atoms with Crippen molar-refractivity contribution in [2.24, 2.45) is 5.73 Å². The Balaban J connectivity index is 1.58. The van der Waals surface area contributed by atoms with E-state index in [1.165, 1.54) is 0 Å². The normalized spacial score (nSPS) is 13.4. The first-order valence-corrected chi connectivity index (χ1v) is 12.7. The van der Waals surface area contributed by atoms with Crippen LogP contribution in [0, 0.1) is 26.6 Å². The quantitative estimate of drug-likeness (QED) is 0.339. The lowest BCUT2D eigenvalue weighted by molar-refractivity contribution is 0.100. The van der Waals surface area contributed by atoms with Gasteiger partial charge in [-0.15, -0.1) is 0 Å². The van der Waals surface area contributed by atoms with Crippen LogP contribution in [0.5, 0.6) is 0 Å². The van der Waals surface area contributed by atoms with Crippen molar-refractivity contribution in [3.05, 3.63) is 105 Å². The molecule has 0 aliphatic carbocycles. The minimum absolute atomic E-state index is 0.105. The molecule has 0 atom stereocenters. The molecule has 37 heavy (non-hydrogen) atoms. The molecule has 0 saturated heterocycles. The lowest BCUT2D eigenvalue weighted by Gasteiger charge is -2.22. The van der Waals surface area contributed by atoms with Gasteiger partial charge in [0.2, 0.25) is 5.91 Å². The summed E-state index contributed by atoms with van der Waals surface area (Å²) < 4.78 is 16.9. The Morgan fingerprint density at radius 2 is 1.70 bits per heavy atom. The summed E-state index contributed by atoms with van der Waals surface area (Å²) in [6.07, 6.45) is 0. The standard InChI is InChI=1S/C31H33FN4O/c1-18(2)28-24(13-19(3)14-26(28)32)15-35-16-25-27(17-35)34-36(29-20(4)7-6-8-21(29)5)30(25)22-9-11-23(12-10-22)31(33)37/h6-14,18H,15-17H2,1-5H3,(H2,33,37). The van der Waals surface area contributed by atoms with E-state index in [1.54, 1.807) is 18.2 Å². The van der Waals surface area contributed by atoms with Gasteiger partial charge in [0.1, 0.15) is 5.82 Å². The van der Waals surface area contributed by atoms with E-state index in [2.05, 4.69) is 47.7 Å². The highest BCUT2D eigenvalue weighted by Gasteiger charge is 2.30. The molecule has 0 radical (unpaired) electrons. The van der Waals surface area contributed by atoms with Crippen molar-refractivity contribution in [3.63, 3.8) is 0 Å². The van der Waals surface area contributed by atoms with Crippen LogP contribution in [0.1, 0.15) is 69.2 Å². The lowest BCUT2D eigenvalue weighted by atomic mass is 9.94. The average molecular weight is 497 g/mol. The molecule has 6 heteroatoms. The molecule has 2 heterocycles. The maximum atomic E-state index is 14.9. The number of carbonyl (C=O) groups is 1. The van der Waals surface area contributed by atoms with Gasteiger partial charge in [-0.2, -0.15) is 5.10 Å². The molecule has 1 aromatic heterocycles. The number of para-hydroxylation sites is 1. The fraction of sp³-hybridized carbons (Fsp3) is 0.290. The highest BCUT2D eigenvalue weighted by atomic mass is 19.1. The highest BCUT2D eigenvalue weighted by molar-refractivity contribution is 5.93. The molecule has 0 spiro atoms. The van der Waals surface area contributed by atoms with E-state index in [0.29, 0.717) is 25.2 Å². The number of amides is 1. The van der Waals surface area contributed by atoms with Crippen LogP contribution < -0.4 is 5.73 Å². The summed E-state index contributed by atoms with van der Waals surface area (Å²) >= 11 is 0. The van der Waals surface area contributed by atoms with E-state index in [9.17, 15) is 9.18 Å². The monoisotopic (exact) mass is 496 g/mol. The van der Waals surface area contributed by atoms with Crippen molar-refractivity contribution in [2.45, 2.75) is 60.2 Å². The molecule has 2 N–H and O–H groups in total. The fourth-order valence-corrected chi connectivity index (χ4v) is 5.63. The van der Waals surface area contributed by atoms with Crippen LogP contribution in [0.2, 0.25) is 0 Å².